The second-order valence-electron chi connectivity index (χ2n) is 7.47. The van der Waals surface area contributed by atoms with Gasteiger partial charge < -0.3 is 9.80 Å². The van der Waals surface area contributed by atoms with E-state index in [-0.39, 0.29) is 10.7 Å². The number of carbonyl (C=O) groups is 2. The molecule has 158 valence electrons. The molecular weight excluding hydrogens is 419 g/mol. The van der Waals surface area contributed by atoms with E-state index in [1.165, 1.54) is 12.4 Å². The van der Waals surface area contributed by atoms with Crippen LogP contribution in [0.5, 0.6) is 0 Å². The van der Waals surface area contributed by atoms with E-state index in [4.69, 9.17) is 0 Å². The van der Waals surface area contributed by atoms with Crippen molar-refractivity contribution in [1.82, 2.24) is 24.8 Å². The van der Waals surface area contributed by atoms with Crippen molar-refractivity contribution in [3.63, 3.8) is 0 Å². The molecule has 0 aliphatic carbocycles. The van der Waals surface area contributed by atoms with Gasteiger partial charge >= 0.3 is 0 Å². The molecule has 2 saturated heterocycles. The number of hydrogen-bond donors (Lipinski definition) is 1. The summed E-state index contributed by atoms with van der Waals surface area (Å²) in [5, 5.41) is 1.80. The number of rotatable bonds is 3. The molecule has 0 saturated carbocycles. The molecule has 3 aromatic rings. The Hall–Kier alpha value is -3.24. The lowest BCUT2D eigenvalue weighted by Gasteiger charge is -2.34. The van der Waals surface area contributed by atoms with Crippen LogP contribution in [0.4, 0.5) is 14.9 Å². The number of anilines is 1. The minimum atomic E-state index is -0.448. The van der Waals surface area contributed by atoms with E-state index in [0.29, 0.717) is 22.5 Å². The standard InChI is InChI=1S/C21H19FN6O2S/c1-26-6-8-27(9-7-26)14-3-5-17(15(22)11-14)28-12-23-16-4-2-13(24-19(16)28)10-18-20(29)25-21(30)31-18/h2-5,10-12H,6-9H2,1H3,(H,25,29,30). The Bertz CT molecular complexity index is 1230. The van der Waals surface area contributed by atoms with Crippen LogP contribution < -0.4 is 10.2 Å². The average Bonchev–Trinajstić information content (AvgIpc) is 3.30. The molecule has 2 amide bonds. The first kappa shape index (κ1) is 19.7. The van der Waals surface area contributed by atoms with Crippen LogP contribution >= 0.6 is 11.8 Å². The number of pyridine rings is 1. The minimum Gasteiger partial charge on any atom is -0.369 e. The number of imide groups is 1. The Morgan fingerprint density at radius 2 is 1.94 bits per heavy atom. The number of halogens is 1. The number of thioether (sulfide) groups is 1. The lowest BCUT2D eigenvalue weighted by atomic mass is 10.2. The zero-order valence-electron chi connectivity index (χ0n) is 16.7. The van der Waals surface area contributed by atoms with Crippen LogP contribution in [0.1, 0.15) is 5.69 Å². The van der Waals surface area contributed by atoms with Crippen molar-refractivity contribution < 1.29 is 14.0 Å². The highest BCUT2D eigenvalue weighted by molar-refractivity contribution is 8.18. The predicted molar refractivity (Wildman–Crippen MR) is 118 cm³/mol. The maximum Gasteiger partial charge on any atom is 0.290 e. The van der Waals surface area contributed by atoms with Gasteiger partial charge in [-0.25, -0.2) is 14.4 Å². The smallest absolute Gasteiger partial charge is 0.290 e. The van der Waals surface area contributed by atoms with Crippen LogP contribution in [0, 0.1) is 5.82 Å². The summed E-state index contributed by atoms with van der Waals surface area (Å²) in [6.45, 7) is 3.60. The number of piperazine rings is 1. The van der Waals surface area contributed by atoms with Crippen molar-refractivity contribution >= 4 is 45.8 Å². The summed E-state index contributed by atoms with van der Waals surface area (Å²) < 4.78 is 16.7. The predicted octanol–water partition coefficient (Wildman–Crippen LogP) is 2.64. The van der Waals surface area contributed by atoms with E-state index in [1.807, 2.05) is 6.07 Å². The second-order valence-corrected chi connectivity index (χ2v) is 8.49. The summed E-state index contributed by atoms with van der Waals surface area (Å²) in [6.07, 6.45) is 3.07. The molecule has 0 bridgehead atoms. The van der Waals surface area contributed by atoms with Crippen molar-refractivity contribution in [2.75, 3.05) is 38.1 Å². The van der Waals surface area contributed by atoms with Crippen LogP contribution in [0.2, 0.25) is 0 Å². The molecule has 31 heavy (non-hydrogen) atoms. The fraction of sp³-hybridized carbons (Fsp3) is 0.238. The molecule has 2 aliphatic rings. The molecule has 2 fully saturated rings. The number of nitrogens with one attached hydrogen (secondary N) is 1. The lowest BCUT2D eigenvalue weighted by Crippen LogP contribution is -2.44. The first-order valence-electron chi connectivity index (χ1n) is 9.80. The van der Waals surface area contributed by atoms with Crippen LogP contribution in [0.3, 0.4) is 0 Å². The number of likely N-dealkylation sites (N-methyl/N-ethyl adjacent to an activating group) is 1. The van der Waals surface area contributed by atoms with Gasteiger partial charge in [0.2, 0.25) is 0 Å². The lowest BCUT2D eigenvalue weighted by molar-refractivity contribution is -0.115. The second kappa shape index (κ2) is 7.78. The molecule has 8 nitrogen and oxygen atoms in total. The largest absolute Gasteiger partial charge is 0.369 e. The van der Waals surface area contributed by atoms with Crippen LogP contribution in [0.25, 0.3) is 22.9 Å². The third-order valence-electron chi connectivity index (χ3n) is 5.40. The van der Waals surface area contributed by atoms with Crippen LogP contribution in [-0.2, 0) is 4.79 Å². The fourth-order valence-electron chi connectivity index (χ4n) is 3.67. The molecule has 0 radical (unpaired) electrons. The third kappa shape index (κ3) is 3.79. The van der Waals surface area contributed by atoms with E-state index in [1.54, 1.807) is 28.8 Å². The van der Waals surface area contributed by atoms with Gasteiger partial charge in [0.1, 0.15) is 17.7 Å². The van der Waals surface area contributed by atoms with E-state index in [2.05, 4.69) is 32.1 Å². The number of carbonyl (C=O) groups excluding carboxylic acids is 2. The normalized spacial score (nSPS) is 18.9. The van der Waals surface area contributed by atoms with Gasteiger partial charge in [-0.1, -0.05) is 0 Å². The zero-order chi connectivity index (χ0) is 21.5. The number of fused-ring (bicyclic) bond motifs is 1. The first-order chi connectivity index (χ1) is 15.0. The van der Waals surface area contributed by atoms with Crippen LogP contribution in [0.15, 0.2) is 41.6 Å². The molecule has 0 atom stereocenters. The molecule has 2 aromatic heterocycles. The van der Waals surface area contributed by atoms with E-state index < -0.39 is 11.1 Å². The summed E-state index contributed by atoms with van der Waals surface area (Å²) >= 11 is 0.826. The summed E-state index contributed by atoms with van der Waals surface area (Å²) in [6, 6.07) is 8.64. The summed E-state index contributed by atoms with van der Waals surface area (Å²) in [7, 11) is 2.08. The van der Waals surface area contributed by atoms with Crippen molar-refractivity contribution in [3.8, 4) is 5.69 Å². The molecule has 5 rings (SSSR count). The van der Waals surface area contributed by atoms with E-state index in [9.17, 15) is 9.59 Å². The van der Waals surface area contributed by atoms with Crippen molar-refractivity contribution in [1.29, 1.82) is 0 Å². The average molecular weight is 438 g/mol. The molecule has 0 spiro atoms. The van der Waals surface area contributed by atoms with Crippen molar-refractivity contribution in [3.05, 3.63) is 53.1 Å². The SMILES string of the molecule is CN1CCN(c2ccc(-n3cnc4ccc(C=C5SC(=O)NC5=O)nc43)c(F)c2)CC1. The molecule has 0 unspecified atom stereocenters. The summed E-state index contributed by atoms with van der Waals surface area (Å²) in [5.74, 6) is -0.812. The number of hydrogen-bond acceptors (Lipinski definition) is 7. The first-order valence-corrected chi connectivity index (χ1v) is 10.6. The number of nitrogens with zero attached hydrogens (tertiary/aromatic N) is 5. The van der Waals surface area contributed by atoms with Gasteiger partial charge in [0.05, 0.1) is 16.3 Å². The molecule has 4 heterocycles. The quantitative estimate of drug-likeness (QED) is 0.630. The number of amides is 2. The highest BCUT2D eigenvalue weighted by Gasteiger charge is 2.25. The Balaban J connectivity index is 1.48. The molecule has 10 heteroatoms. The Labute approximate surface area is 181 Å². The fourth-order valence-corrected chi connectivity index (χ4v) is 4.34. The minimum absolute atomic E-state index is 0.269. The maximum atomic E-state index is 15.1. The van der Waals surface area contributed by atoms with Crippen molar-refractivity contribution in [2.45, 2.75) is 0 Å². The highest BCUT2D eigenvalue weighted by atomic mass is 32.2. The molecular formula is C21H19FN6O2S. The monoisotopic (exact) mass is 438 g/mol. The Kier molecular flexibility index (Phi) is 4.95. The van der Waals surface area contributed by atoms with Gasteiger partial charge in [0, 0.05) is 31.9 Å². The Morgan fingerprint density at radius 1 is 1.13 bits per heavy atom. The molecule has 1 N–H and O–H groups in total. The number of imidazole rings is 1. The van der Waals surface area contributed by atoms with Gasteiger partial charge in [0.15, 0.2) is 5.65 Å². The van der Waals surface area contributed by atoms with Gasteiger partial charge in [-0.15, -0.1) is 0 Å². The third-order valence-corrected chi connectivity index (χ3v) is 6.21. The van der Waals surface area contributed by atoms with Gasteiger partial charge in [-0.3, -0.25) is 19.5 Å². The van der Waals surface area contributed by atoms with E-state index >= 15 is 4.39 Å². The number of aromatic nitrogens is 3. The maximum absolute atomic E-state index is 15.1. The molecule has 1 aromatic carbocycles. The summed E-state index contributed by atoms with van der Waals surface area (Å²) in [5.41, 5.74) is 2.75. The highest BCUT2D eigenvalue weighted by Crippen LogP contribution is 2.27. The number of benzene rings is 1. The van der Waals surface area contributed by atoms with Gasteiger partial charge in [-0.05, 0) is 55.2 Å². The zero-order valence-corrected chi connectivity index (χ0v) is 17.5. The van der Waals surface area contributed by atoms with Gasteiger partial charge in [-0.2, -0.15) is 0 Å². The summed E-state index contributed by atoms with van der Waals surface area (Å²) in [4.78, 5) is 36.7. The van der Waals surface area contributed by atoms with Crippen molar-refractivity contribution in [2.24, 2.45) is 0 Å². The van der Waals surface area contributed by atoms with E-state index in [0.717, 1.165) is 43.6 Å². The topological polar surface area (TPSA) is 83.4 Å². The molecule has 2 aliphatic heterocycles. The Morgan fingerprint density at radius 3 is 2.65 bits per heavy atom. The van der Waals surface area contributed by atoms with Crippen LogP contribution in [-0.4, -0.2) is 63.8 Å². The van der Waals surface area contributed by atoms with Gasteiger partial charge in [0.25, 0.3) is 11.1 Å².